The summed E-state index contributed by atoms with van der Waals surface area (Å²) in [5, 5.41) is 11.4. The van der Waals surface area contributed by atoms with E-state index < -0.39 is 17.8 Å². The quantitative estimate of drug-likeness (QED) is 0.813. The number of hydrogen-bond acceptors (Lipinski definition) is 2. The minimum absolute atomic E-state index is 0.393. The highest BCUT2D eigenvalue weighted by molar-refractivity contribution is 5.96. The maximum atomic E-state index is 11.6. The number of aliphatic carboxylic acids is 1. The van der Waals surface area contributed by atoms with Gasteiger partial charge >= 0.3 is 5.97 Å². The Morgan fingerprint density at radius 1 is 1.26 bits per heavy atom. The van der Waals surface area contributed by atoms with Crippen molar-refractivity contribution in [2.24, 2.45) is 5.92 Å². The van der Waals surface area contributed by atoms with Crippen molar-refractivity contribution in [2.75, 3.05) is 0 Å². The topological polar surface area (TPSA) is 66.4 Å². The van der Waals surface area contributed by atoms with Gasteiger partial charge < -0.3 is 10.4 Å². The molecule has 4 nitrogen and oxygen atoms in total. The van der Waals surface area contributed by atoms with Crippen LogP contribution in [0.5, 0.6) is 0 Å². The van der Waals surface area contributed by atoms with Crippen molar-refractivity contribution >= 4 is 11.9 Å². The van der Waals surface area contributed by atoms with Crippen LogP contribution in [0, 0.1) is 5.92 Å². The molecule has 0 spiro atoms. The third kappa shape index (κ3) is 3.34. The summed E-state index contributed by atoms with van der Waals surface area (Å²) in [7, 11) is 0. The molecule has 4 heteroatoms. The molecule has 1 unspecified atom stereocenters. The summed E-state index contributed by atoms with van der Waals surface area (Å²) in [4.78, 5) is 22.2. The first-order valence-corrected chi connectivity index (χ1v) is 6.69. The second-order valence-corrected chi connectivity index (χ2v) is 5.09. The summed E-state index contributed by atoms with van der Waals surface area (Å²) >= 11 is 0. The number of carboxylic acid groups (broad SMARTS) is 1. The molecule has 0 aliphatic heterocycles. The summed E-state index contributed by atoms with van der Waals surface area (Å²) in [5.41, 5.74) is 3.80. The van der Waals surface area contributed by atoms with E-state index in [1.807, 2.05) is 6.07 Å². The van der Waals surface area contributed by atoms with Gasteiger partial charge in [0.25, 0.3) is 0 Å². The number of carboxylic acids is 1. The van der Waals surface area contributed by atoms with E-state index >= 15 is 0 Å². The standard InChI is InChI=1S/C15H19NO3/c1-10(15(18)19)14(17)16-9-11-6-7-12-4-2-3-5-13(12)8-11/h6-8,10H,2-5,9H2,1H3,(H,16,17)(H,18,19). The van der Waals surface area contributed by atoms with E-state index in [2.05, 4.69) is 17.4 Å². The second-order valence-electron chi connectivity index (χ2n) is 5.09. The van der Waals surface area contributed by atoms with Gasteiger partial charge in [-0.2, -0.15) is 0 Å². The Kier molecular flexibility index (Phi) is 4.20. The summed E-state index contributed by atoms with van der Waals surface area (Å²) in [5.74, 6) is -2.54. The smallest absolute Gasteiger partial charge is 0.315 e. The van der Waals surface area contributed by atoms with Crippen LogP contribution in [-0.4, -0.2) is 17.0 Å². The number of rotatable bonds is 4. The fourth-order valence-electron chi connectivity index (χ4n) is 2.35. The van der Waals surface area contributed by atoms with Crippen molar-refractivity contribution in [1.29, 1.82) is 0 Å². The van der Waals surface area contributed by atoms with Gasteiger partial charge in [-0.3, -0.25) is 9.59 Å². The van der Waals surface area contributed by atoms with Gasteiger partial charge in [0.2, 0.25) is 5.91 Å². The Hall–Kier alpha value is -1.84. The Balaban J connectivity index is 1.96. The molecule has 2 rings (SSSR count). The zero-order valence-corrected chi connectivity index (χ0v) is 11.1. The Morgan fingerprint density at radius 2 is 1.95 bits per heavy atom. The van der Waals surface area contributed by atoms with E-state index in [1.54, 1.807) is 0 Å². The lowest BCUT2D eigenvalue weighted by molar-refractivity contribution is -0.146. The Labute approximate surface area is 112 Å². The summed E-state index contributed by atoms with van der Waals surface area (Å²) < 4.78 is 0. The molecule has 2 N–H and O–H groups in total. The maximum absolute atomic E-state index is 11.6. The number of hydrogen-bond donors (Lipinski definition) is 2. The molecule has 0 heterocycles. The minimum atomic E-state index is -1.09. The molecule has 0 fully saturated rings. The summed E-state index contributed by atoms with van der Waals surface area (Å²) in [6.07, 6.45) is 4.71. The van der Waals surface area contributed by atoms with Gasteiger partial charge in [-0.1, -0.05) is 18.2 Å². The van der Waals surface area contributed by atoms with Crippen molar-refractivity contribution < 1.29 is 14.7 Å². The molecule has 1 aromatic carbocycles. The van der Waals surface area contributed by atoms with Crippen LogP contribution in [0.4, 0.5) is 0 Å². The van der Waals surface area contributed by atoms with Crippen molar-refractivity contribution in [2.45, 2.75) is 39.2 Å². The fraction of sp³-hybridized carbons (Fsp3) is 0.467. The number of nitrogens with one attached hydrogen (secondary N) is 1. The van der Waals surface area contributed by atoms with E-state index in [1.165, 1.54) is 30.9 Å². The van der Waals surface area contributed by atoms with Crippen molar-refractivity contribution in [3.63, 3.8) is 0 Å². The molecule has 0 radical (unpaired) electrons. The maximum Gasteiger partial charge on any atom is 0.315 e. The molecule has 0 aromatic heterocycles. The lowest BCUT2D eigenvalue weighted by Crippen LogP contribution is -2.33. The van der Waals surface area contributed by atoms with Crippen LogP contribution in [0.15, 0.2) is 18.2 Å². The largest absolute Gasteiger partial charge is 0.481 e. The van der Waals surface area contributed by atoms with Crippen LogP contribution in [0.2, 0.25) is 0 Å². The molecule has 0 bridgehead atoms. The molecule has 19 heavy (non-hydrogen) atoms. The van der Waals surface area contributed by atoms with Crippen molar-refractivity contribution in [3.05, 3.63) is 34.9 Å². The number of amides is 1. The molecule has 0 saturated heterocycles. The van der Waals surface area contributed by atoms with Crippen LogP contribution >= 0.6 is 0 Å². The zero-order valence-electron chi connectivity index (χ0n) is 11.1. The summed E-state index contributed by atoms with van der Waals surface area (Å²) in [6, 6.07) is 6.26. The Morgan fingerprint density at radius 3 is 2.63 bits per heavy atom. The van der Waals surface area contributed by atoms with Gasteiger partial charge in [0.1, 0.15) is 5.92 Å². The predicted molar refractivity (Wildman–Crippen MR) is 71.7 cm³/mol. The van der Waals surface area contributed by atoms with Gasteiger partial charge in [0.15, 0.2) is 0 Å². The van der Waals surface area contributed by atoms with E-state index in [-0.39, 0.29) is 0 Å². The Bertz CT molecular complexity index is 496. The fourth-order valence-corrected chi connectivity index (χ4v) is 2.35. The lowest BCUT2D eigenvalue weighted by atomic mass is 9.90. The highest BCUT2D eigenvalue weighted by Gasteiger charge is 2.20. The molecule has 1 amide bonds. The average Bonchev–Trinajstić information content (AvgIpc) is 2.43. The van der Waals surface area contributed by atoms with Crippen molar-refractivity contribution in [3.8, 4) is 0 Å². The molecular formula is C15H19NO3. The van der Waals surface area contributed by atoms with Crippen LogP contribution < -0.4 is 5.32 Å². The molecule has 102 valence electrons. The van der Waals surface area contributed by atoms with Crippen LogP contribution in [0.3, 0.4) is 0 Å². The molecule has 1 atom stereocenters. The number of carbonyl (C=O) groups excluding carboxylic acids is 1. The number of benzene rings is 1. The third-order valence-electron chi connectivity index (χ3n) is 3.64. The van der Waals surface area contributed by atoms with Crippen LogP contribution in [-0.2, 0) is 29.0 Å². The summed E-state index contributed by atoms with van der Waals surface area (Å²) in [6.45, 7) is 1.79. The second kappa shape index (κ2) is 5.87. The highest BCUT2D eigenvalue weighted by atomic mass is 16.4. The average molecular weight is 261 g/mol. The first-order valence-electron chi connectivity index (χ1n) is 6.69. The first-order chi connectivity index (χ1) is 9.08. The van der Waals surface area contributed by atoms with Gasteiger partial charge in [0.05, 0.1) is 0 Å². The van der Waals surface area contributed by atoms with Gasteiger partial charge in [-0.25, -0.2) is 0 Å². The molecule has 0 saturated carbocycles. The third-order valence-corrected chi connectivity index (χ3v) is 3.64. The minimum Gasteiger partial charge on any atom is -0.481 e. The number of carbonyl (C=O) groups is 2. The normalized spacial score (nSPS) is 15.4. The number of aryl methyl sites for hydroxylation is 2. The first kappa shape index (κ1) is 13.6. The van der Waals surface area contributed by atoms with Crippen molar-refractivity contribution in [1.82, 2.24) is 5.32 Å². The number of fused-ring (bicyclic) bond motifs is 1. The molecule has 1 aliphatic carbocycles. The van der Waals surface area contributed by atoms with E-state index in [9.17, 15) is 9.59 Å². The predicted octanol–water partition coefficient (Wildman–Crippen LogP) is 1.90. The van der Waals surface area contributed by atoms with Crippen LogP contribution in [0.1, 0.15) is 36.5 Å². The van der Waals surface area contributed by atoms with Gasteiger partial charge in [0, 0.05) is 6.54 Å². The van der Waals surface area contributed by atoms with Gasteiger partial charge in [-0.05, 0) is 49.3 Å². The highest BCUT2D eigenvalue weighted by Crippen LogP contribution is 2.22. The SMILES string of the molecule is CC(C(=O)O)C(=O)NCc1ccc2c(c1)CCCC2. The molecule has 1 aliphatic rings. The van der Waals surface area contributed by atoms with E-state index in [0.717, 1.165) is 18.4 Å². The lowest BCUT2D eigenvalue weighted by Gasteiger charge is -2.17. The molecular weight excluding hydrogens is 242 g/mol. The van der Waals surface area contributed by atoms with E-state index in [4.69, 9.17) is 5.11 Å². The molecule has 1 aromatic rings. The monoisotopic (exact) mass is 261 g/mol. The van der Waals surface area contributed by atoms with Crippen LogP contribution in [0.25, 0.3) is 0 Å². The van der Waals surface area contributed by atoms with E-state index in [0.29, 0.717) is 6.54 Å². The van der Waals surface area contributed by atoms with Gasteiger partial charge in [-0.15, -0.1) is 0 Å². The zero-order chi connectivity index (χ0) is 13.8.